The summed E-state index contributed by atoms with van der Waals surface area (Å²) in [7, 11) is 7.07. The van der Waals surface area contributed by atoms with Gasteiger partial charge >= 0.3 is 0 Å². The van der Waals surface area contributed by atoms with Crippen LogP contribution < -0.4 is 21.2 Å². The lowest BCUT2D eigenvalue weighted by atomic mass is 9.70. The van der Waals surface area contributed by atoms with Crippen molar-refractivity contribution in [3.63, 3.8) is 0 Å². The van der Waals surface area contributed by atoms with E-state index in [1.165, 1.54) is 21.2 Å². The Balaban J connectivity index is 1.67. The van der Waals surface area contributed by atoms with Gasteiger partial charge in [0.1, 0.15) is 7.85 Å². The van der Waals surface area contributed by atoms with Gasteiger partial charge in [-0.3, -0.25) is 0 Å². The van der Waals surface area contributed by atoms with E-state index in [0.717, 1.165) is 6.16 Å². The molecule has 6 heteroatoms. The molecule has 0 heterocycles. The zero-order valence-electron chi connectivity index (χ0n) is 21.4. The Morgan fingerprint density at radius 1 is 0.737 bits per heavy atom. The fourth-order valence-corrected chi connectivity index (χ4v) is 13.5. The van der Waals surface area contributed by atoms with E-state index in [-0.39, 0.29) is 23.3 Å². The highest BCUT2D eigenvalue weighted by Gasteiger charge is 2.59. The first kappa shape index (κ1) is 27.7. The highest BCUT2D eigenvalue weighted by molar-refractivity contribution is 7.73. The fourth-order valence-electron chi connectivity index (χ4n) is 5.93. The maximum absolute atomic E-state index is 11.8. The van der Waals surface area contributed by atoms with E-state index < -0.39 is 13.4 Å². The van der Waals surface area contributed by atoms with Gasteiger partial charge in [-0.05, 0) is 59.7 Å². The molecule has 1 saturated carbocycles. The Labute approximate surface area is 233 Å². The average molecular weight is 554 g/mol. The van der Waals surface area contributed by atoms with Gasteiger partial charge in [-0.25, -0.2) is 0 Å². The second-order valence-electron chi connectivity index (χ2n) is 10.1. The Hall–Kier alpha value is -1.85. The van der Waals surface area contributed by atoms with Crippen LogP contribution in [0.15, 0.2) is 121 Å². The van der Waals surface area contributed by atoms with Crippen molar-refractivity contribution in [1.82, 2.24) is 0 Å². The molecule has 2 radical (unpaired) electrons. The number of hydrogen-bond acceptors (Lipinski definition) is 2. The largest absolute Gasteiger partial charge is 0.399 e. The van der Waals surface area contributed by atoms with Crippen LogP contribution in [0, 0.1) is 5.92 Å². The van der Waals surface area contributed by atoms with Gasteiger partial charge in [0.25, 0.3) is 0 Å². The van der Waals surface area contributed by atoms with Crippen molar-refractivity contribution in [3.8, 4) is 0 Å². The van der Waals surface area contributed by atoms with Crippen molar-refractivity contribution >= 4 is 54.1 Å². The maximum Gasteiger partial charge on any atom is 0.113 e. The van der Waals surface area contributed by atoms with Crippen LogP contribution in [0.3, 0.4) is 0 Å². The summed E-state index contributed by atoms with van der Waals surface area (Å²) in [4.78, 5) is 0. The van der Waals surface area contributed by atoms with Crippen LogP contribution in [0.1, 0.15) is 12.8 Å². The summed E-state index contributed by atoms with van der Waals surface area (Å²) in [6, 6.07) is 43.0. The molecule has 0 aliphatic heterocycles. The van der Waals surface area contributed by atoms with E-state index in [0.29, 0.717) is 30.0 Å². The standard InChI is InChI=1S/C32H34BO2P3/c33-32(35)23-30(36-25-13-5-1-6-14-25)31(29(32)21-22-34,37-26-15-7-2-8-16-26)24-38(27-17-9-3-10-18-27)28-19-11-4-12-20-28/h1-20,29-30,34-37H,21-24H2/t29-,30+,31-,32+/m0/s1. The minimum atomic E-state index is -1.33. The molecule has 2 nitrogen and oxygen atoms in total. The van der Waals surface area contributed by atoms with Crippen LogP contribution in [0.4, 0.5) is 0 Å². The van der Waals surface area contributed by atoms with Gasteiger partial charge in [-0.1, -0.05) is 138 Å². The fraction of sp³-hybridized carbons (Fsp3) is 0.250. The molecule has 0 spiro atoms. The van der Waals surface area contributed by atoms with Crippen molar-refractivity contribution in [2.45, 2.75) is 29.2 Å². The molecule has 2 N–H and O–H groups in total. The molecule has 1 aliphatic carbocycles. The Kier molecular flexibility index (Phi) is 9.16. The lowest BCUT2D eigenvalue weighted by Crippen LogP contribution is -2.48. The van der Waals surface area contributed by atoms with E-state index in [1.54, 1.807) is 0 Å². The van der Waals surface area contributed by atoms with Crippen molar-refractivity contribution in [3.05, 3.63) is 121 Å². The van der Waals surface area contributed by atoms with Gasteiger partial charge in [0.15, 0.2) is 0 Å². The first-order valence-corrected chi connectivity index (χ1v) is 16.8. The zero-order valence-corrected chi connectivity index (χ0v) is 24.3. The summed E-state index contributed by atoms with van der Waals surface area (Å²) < 4.78 is 0. The summed E-state index contributed by atoms with van der Waals surface area (Å²) >= 11 is 0. The van der Waals surface area contributed by atoms with Gasteiger partial charge < -0.3 is 10.2 Å². The van der Waals surface area contributed by atoms with Crippen LogP contribution >= 0.6 is 25.1 Å². The minimum Gasteiger partial charge on any atom is -0.399 e. The molecular weight excluding hydrogens is 520 g/mol. The number of rotatable bonds is 10. The third-order valence-electron chi connectivity index (χ3n) is 7.62. The first-order chi connectivity index (χ1) is 18.5. The second-order valence-corrected chi connectivity index (χ2v) is 15.6. The minimum absolute atomic E-state index is 0.0148. The van der Waals surface area contributed by atoms with E-state index in [2.05, 4.69) is 121 Å². The molecule has 0 saturated heterocycles. The Bertz CT molecular complexity index is 1240. The highest BCUT2D eigenvalue weighted by Crippen LogP contribution is 2.62. The van der Waals surface area contributed by atoms with Crippen LogP contribution in [0.25, 0.3) is 0 Å². The maximum atomic E-state index is 11.8. The number of benzene rings is 4. The predicted molar refractivity (Wildman–Crippen MR) is 170 cm³/mol. The van der Waals surface area contributed by atoms with E-state index in [1.807, 2.05) is 0 Å². The molecule has 0 amide bonds. The molecule has 1 aliphatic rings. The normalized spacial score (nSPS) is 25.7. The molecule has 192 valence electrons. The van der Waals surface area contributed by atoms with Crippen molar-refractivity contribution in [1.29, 1.82) is 0 Å². The molecule has 1 fully saturated rings. The molecule has 6 atom stereocenters. The van der Waals surface area contributed by atoms with E-state index in [9.17, 15) is 10.2 Å². The third kappa shape index (κ3) is 6.15. The van der Waals surface area contributed by atoms with E-state index in [4.69, 9.17) is 7.85 Å². The van der Waals surface area contributed by atoms with Gasteiger partial charge in [-0.2, -0.15) is 0 Å². The SMILES string of the molecule is [B][C@@]1(O)C[C@@H](Pc2ccccc2)[C@@](CP(c2ccccc2)c2ccccc2)(Pc2ccccc2)[C@@H]1CCO. The Morgan fingerprint density at radius 2 is 1.21 bits per heavy atom. The van der Waals surface area contributed by atoms with Crippen LogP contribution in [0.5, 0.6) is 0 Å². The van der Waals surface area contributed by atoms with Gasteiger partial charge in [0.2, 0.25) is 0 Å². The van der Waals surface area contributed by atoms with Gasteiger partial charge in [0, 0.05) is 17.3 Å². The van der Waals surface area contributed by atoms with E-state index >= 15 is 0 Å². The average Bonchev–Trinajstić information content (AvgIpc) is 3.15. The summed E-state index contributed by atoms with van der Waals surface area (Å²) in [5.41, 5.74) is -1.13. The number of aliphatic hydroxyl groups excluding tert-OH is 1. The lowest BCUT2D eigenvalue weighted by Gasteiger charge is -2.45. The third-order valence-corrected chi connectivity index (χ3v) is 14.6. The van der Waals surface area contributed by atoms with Crippen LogP contribution in [-0.4, -0.2) is 47.1 Å². The summed E-state index contributed by atoms with van der Waals surface area (Å²) in [6.45, 7) is 0.0148. The predicted octanol–water partition coefficient (Wildman–Crippen LogP) is 4.49. The molecule has 0 bridgehead atoms. The van der Waals surface area contributed by atoms with Gasteiger partial charge in [0.05, 0.1) is 0 Å². The van der Waals surface area contributed by atoms with Crippen molar-refractivity contribution in [2.75, 3.05) is 12.8 Å². The topological polar surface area (TPSA) is 40.5 Å². The molecule has 0 aromatic heterocycles. The molecule has 4 aromatic carbocycles. The number of hydrogen-bond donors (Lipinski definition) is 2. The smallest absolute Gasteiger partial charge is 0.113 e. The number of aliphatic hydroxyl groups is 2. The lowest BCUT2D eigenvalue weighted by molar-refractivity contribution is 0.0653. The molecule has 38 heavy (non-hydrogen) atoms. The highest BCUT2D eigenvalue weighted by atomic mass is 31.1. The second kappa shape index (κ2) is 12.6. The molecule has 5 rings (SSSR count). The molecule has 2 unspecified atom stereocenters. The van der Waals surface area contributed by atoms with Crippen molar-refractivity contribution < 1.29 is 10.2 Å². The van der Waals surface area contributed by atoms with Crippen LogP contribution in [0.2, 0.25) is 0 Å². The quantitative estimate of drug-likeness (QED) is 0.224. The summed E-state index contributed by atoms with van der Waals surface area (Å²) in [5.74, 6) is -0.211. The van der Waals surface area contributed by atoms with Crippen molar-refractivity contribution in [2.24, 2.45) is 5.92 Å². The van der Waals surface area contributed by atoms with Gasteiger partial charge in [-0.15, -0.1) is 0 Å². The summed E-state index contributed by atoms with van der Waals surface area (Å²) in [5, 5.41) is 27.0. The van der Waals surface area contributed by atoms with Crippen LogP contribution in [-0.2, 0) is 0 Å². The monoisotopic (exact) mass is 554 g/mol. The Morgan fingerprint density at radius 3 is 1.71 bits per heavy atom. The summed E-state index contributed by atoms with van der Waals surface area (Å²) in [6.07, 6.45) is 1.95. The zero-order chi connectivity index (χ0) is 26.4. The molecular formula is C32H34BO2P3. The first-order valence-electron chi connectivity index (χ1n) is 13.2. The molecule has 4 aromatic rings.